The summed E-state index contributed by atoms with van der Waals surface area (Å²) in [6.45, 7) is 6.02. The van der Waals surface area contributed by atoms with Gasteiger partial charge in [-0.05, 0) is 5.92 Å². The van der Waals surface area contributed by atoms with E-state index in [2.05, 4.69) is 39.1 Å². The number of fused-ring (bicyclic) bond motifs is 1. The Morgan fingerprint density at radius 2 is 2.12 bits per heavy atom. The zero-order valence-corrected chi connectivity index (χ0v) is 9.99. The molecule has 5 nitrogen and oxygen atoms in total. The third-order valence-corrected chi connectivity index (χ3v) is 2.98. The molecule has 3 rings (SSSR count). The molecular weight excluding hydrogens is 214 g/mol. The number of H-pyrrole nitrogens is 1. The fourth-order valence-electron chi connectivity index (χ4n) is 2.17. The van der Waals surface area contributed by atoms with E-state index in [1.54, 1.807) is 12.4 Å². The number of hydrogen-bond donors (Lipinski definition) is 2. The molecule has 0 fully saturated rings. The first kappa shape index (κ1) is 10.4. The zero-order chi connectivity index (χ0) is 11.8. The van der Waals surface area contributed by atoms with Crippen molar-refractivity contribution in [3.05, 3.63) is 29.3 Å². The van der Waals surface area contributed by atoms with Crippen molar-refractivity contribution < 1.29 is 0 Å². The number of rotatable bonds is 2. The molecule has 0 saturated carbocycles. The van der Waals surface area contributed by atoms with Crippen LogP contribution < -0.4 is 5.32 Å². The molecule has 0 atom stereocenters. The Morgan fingerprint density at radius 3 is 2.82 bits per heavy atom. The van der Waals surface area contributed by atoms with Gasteiger partial charge < -0.3 is 10.3 Å². The van der Waals surface area contributed by atoms with Crippen molar-refractivity contribution >= 4 is 0 Å². The first-order valence-corrected chi connectivity index (χ1v) is 5.86. The van der Waals surface area contributed by atoms with Crippen LogP contribution in [0.5, 0.6) is 0 Å². The van der Waals surface area contributed by atoms with Crippen molar-refractivity contribution in [2.24, 2.45) is 0 Å². The molecule has 0 saturated heterocycles. The lowest BCUT2D eigenvalue weighted by molar-refractivity contribution is 0.746. The number of aromatic amines is 1. The predicted molar refractivity (Wildman–Crippen MR) is 64.2 cm³/mol. The van der Waals surface area contributed by atoms with Crippen LogP contribution in [0.15, 0.2) is 12.4 Å². The Morgan fingerprint density at radius 1 is 1.24 bits per heavy atom. The summed E-state index contributed by atoms with van der Waals surface area (Å²) >= 11 is 0. The second kappa shape index (κ2) is 3.92. The molecule has 5 heteroatoms. The standard InChI is InChI=1S/C12H15N5/c1-7(2)10-8-5-13-6-9(8)16-12(17-10)11-14-3-4-15-11/h3-4,7,13H,5-6H2,1-2H3,(H,14,15). The van der Waals surface area contributed by atoms with Crippen molar-refractivity contribution in [3.63, 3.8) is 0 Å². The summed E-state index contributed by atoms with van der Waals surface area (Å²) in [4.78, 5) is 16.5. The fraction of sp³-hybridized carbons (Fsp3) is 0.417. The number of aromatic nitrogens is 4. The minimum atomic E-state index is 0.403. The van der Waals surface area contributed by atoms with Gasteiger partial charge in [0.2, 0.25) is 0 Å². The van der Waals surface area contributed by atoms with Crippen LogP contribution in [0.25, 0.3) is 11.6 Å². The van der Waals surface area contributed by atoms with Gasteiger partial charge in [-0.25, -0.2) is 15.0 Å². The van der Waals surface area contributed by atoms with E-state index in [0.717, 1.165) is 30.3 Å². The van der Waals surface area contributed by atoms with E-state index in [1.807, 2.05) is 0 Å². The third kappa shape index (κ3) is 1.72. The summed E-state index contributed by atoms with van der Waals surface area (Å²) in [6, 6.07) is 0. The summed E-state index contributed by atoms with van der Waals surface area (Å²) in [5.41, 5.74) is 3.50. The van der Waals surface area contributed by atoms with Crippen LogP contribution in [0.2, 0.25) is 0 Å². The first-order valence-electron chi connectivity index (χ1n) is 5.86. The number of imidazole rings is 1. The second-order valence-electron chi connectivity index (χ2n) is 4.55. The Bertz CT molecular complexity index is 530. The molecular formula is C12H15N5. The van der Waals surface area contributed by atoms with Gasteiger partial charge in [0.25, 0.3) is 0 Å². The molecule has 0 aliphatic carbocycles. The largest absolute Gasteiger partial charge is 0.342 e. The van der Waals surface area contributed by atoms with Gasteiger partial charge in [0, 0.05) is 31.0 Å². The summed E-state index contributed by atoms with van der Waals surface area (Å²) < 4.78 is 0. The molecule has 88 valence electrons. The maximum Gasteiger partial charge on any atom is 0.196 e. The summed E-state index contributed by atoms with van der Waals surface area (Å²) in [6.07, 6.45) is 3.51. The molecule has 1 aliphatic heterocycles. The predicted octanol–water partition coefficient (Wildman–Crippen LogP) is 1.59. The molecule has 1 aliphatic rings. The highest BCUT2D eigenvalue weighted by atomic mass is 15.0. The number of nitrogens with zero attached hydrogens (tertiary/aromatic N) is 3. The summed E-state index contributed by atoms with van der Waals surface area (Å²) in [5.74, 6) is 1.84. The first-order chi connectivity index (χ1) is 8.25. The zero-order valence-electron chi connectivity index (χ0n) is 9.99. The smallest absolute Gasteiger partial charge is 0.196 e. The van der Waals surface area contributed by atoms with Crippen LogP contribution in [0.3, 0.4) is 0 Å². The normalized spacial score (nSPS) is 14.3. The van der Waals surface area contributed by atoms with Crippen LogP contribution in [0.4, 0.5) is 0 Å². The second-order valence-corrected chi connectivity index (χ2v) is 4.55. The van der Waals surface area contributed by atoms with Crippen LogP contribution >= 0.6 is 0 Å². The Hall–Kier alpha value is -1.75. The van der Waals surface area contributed by atoms with Crippen molar-refractivity contribution in [1.29, 1.82) is 0 Å². The lowest BCUT2D eigenvalue weighted by Gasteiger charge is -2.11. The third-order valence-electron chi connectivity index (χ3n) is 2.98. The van der Waals surface area contributed by atoms with Crippen LogP contribution in [-0.4, -0.2) is 19.9 Å². The molecule has 2 aromatic heterocycles. The van der Waals surface area contributed by atoms with Gasteiger partial charge in [-0.1, -0.05) is 13.8 Å². The van der Waals surface area contributed by atoms with E-state index in [0.29, 0.717) is 11.7 Å². The van der Waals surface area contributed by atoms with Crippen LogP contribution in [-0.2, 0) is 13.1 Å². The molecule has 0 amide bonds. The van der Waals surface area contributed by atoms with E-state index in [1.165, 1.54) is 5.56 Å². The molecule has 17 heavy (non-hydrogen) atoms. The fourth-order valence-corrected chi connectivity index (χ4v) is 2.17. The highest BCUT2D eigenvalue weighted by Gasteiger charge is 2.21. The molecule has 0 aromatic carbocycles. The van der Waals surface area contributed by atoms with Crippen molar-refractivity contribution in [3.8, 4) is 11.6 Å². The van der Waals surface area contributed by atoms with Gasteiger partial charge in [0.15, 0.2) is 11.6 Å². The minimum absolute atomic E-state index is 0.403. The van der Waals surface area contributed by atoms with Crippen LogP contribution in [0.1, 0.15) is 36.7 Å². The monoisotopic (exact) mass is 229 g/mol. The minimum Gasteiger partial charge on any atom is -0.342 e. The Balaban J connectivity index is 2.16. The van der Waals surface area contributed by atoms with Gasteiger partial charge in [0.05, 0.1) is 11.4 Å². The van der Waals surface area contributed by atoms with Crippen molar-refractivity contribution in [2.75, 3.05) is 0 Å². The van der Waals surface area contributed by atoms with E-state index in [9.17, 15) is 0 Å². The molecule has 0 radical (unpaired) electrons. The van der Waals surface area contributed by atoms with Gasteiger partial charge in [-0.2, -0.15) is 0 Å². The topological polar surface area (TPSA) is 66.5 Å². The van der Waals surface area contributed by atoms with E-state index in [4.69, 9.17) is 0 Å². The summed E-state index contributed by atoms with van der Waals surface area (Å²) in [7, 11) is 0. The lowest BCUT2D eigenvalue weighted by atomic mass is 10.0. The molecule has 0 unspecified atom stereocenters. The van der Waals surface area contributed by atoms with Gasteiger partial charge in [-0.3, -0.25) is 0 Å². The number of hydrogen-bond acceptors (Lipinski definition) is 4. The Kier molecular flexibility index (Phi) is 2.40. The van der Waals surface area contributed by atoms with Gasteiger partial charge >= 0.3 is 0 Å². The van der Waals surface area contributed by atoms with Crippen molar-refractivity contribution in [1.82, 2.24) is 25.3 Å². The highest BCUT2D eigenvalue weighted by Crippen LogP contribution is 2.25. The quantitative estimate of drug-likeness (QED) is 0.820. The van der Waals surface area contributed by atoms with E-state index >= 15 is 0 Å². The van der Waals surface area contributed by atoms with E-state index < -0.39 is 0 Å². The van der Waals surface area contributed by atoms with E-state index in [-0.39, 0.29) is 0 Å². The average Bonchev–Trinajstić information content (AvgIpc) is 2.98. The number of nitrogens with one attached hydrogen (secondary N) is 2. The van der Waals surface area contributed by atoms with Gasteiger partial charge in [0.1, 0.15) is 0 Å². The summed E-state index contributed by atoms with van der Waals surface area (Å²) in [5, 5.41) is 3.32. The van der Waals surface area contributed by atoms with Crippen molar-refractivity contribution in [2.45, 2.75) is 32.9 Å². The van der Waals surface area contributed by atoms with Gasteiger partial charge in [-0.15, -0.1) is 0 Å². The SMILES string of the molecule is CC(C)c1nc(-c2ncc[nH]2)nc2c1CNC2. The molecule has 0 spiro atoms. The molecule has 3 heterocycles. The average molecular weight is 229 g/mol. The Labute approximate surface area is 99.7 Å². The van der Waals surface area contributed by atoms with Crippen LogP contribution in [0, 0.1) is 0 Å². The maximum absolute atomic E-state index is 4.64. The molecule has 2 aromatic rings. The lowest BCUT2D eigenvalue weighted by Crippen LogP contribution is -2.05. The maximum atomic E-state index is 4.64. The molecule has 2 N–H and O–H groups in total. The highest BCUT2D eigenvalue weighted by molar-refractivity contribution is 5.46. The molecule has 0 bridgehead atoms.